The molecule has 0 aliphatic heterocycles. The van der Waals surface area contributed by atoms with E-state index in [0.29, 0.717) is 0 Å². The van der Waals surface area contributed by atoms with Crippen LogP contribution in [0.2, 0.25) is 0 Å². The molecule has 0 aromatic carbocycles. The summed E-state index contributed by atoms with van der Waals surface area (Å²) in [4.78, 5) is 0. The van der Waals surface area contributed by atoms with E-state index in [4.69, 9.17) is 0 Å². The van der Waals surface area contributed by atoms with Crippen LogP contribution in [-0.4, -0.2) is 0 Å². The molecule has 0 amide bonds. The van der Waals surface area contributed by atoms with Crippen LogP contribution in [0.25, 0.3) is 0 Å². The summed E-state index contributed by atoms with van der Waals surface area (Å²) in [6.45, 7) is 0. The first-order chi connectivity index (χ1) is 3.95. The second kappa shape index (κ2) is 1.75. The Balaban J connectivity index is 2.03. The van der Waals surface area contributed by atoms with Crippen LogP contribution < -0.4 is 0 Å². The minimum Gasteiger partial charge on any atom is -0.0502 e. The van der Waals surface area contributed by atoms with Crippen LogP contribution in [0, 0.1) is 11.8 Å². The minimum absolute atomic E-state index is 1.15. The van der Waals surface area contributed by atoms with Crippen LogP contribution in [0.5, 0.6) is 0 Å². The molecule has 0 aromatic heterocycles. The van der Waals surface area contributed by atoms with E-state index in [0.717, 1.165) is 11.8 Å². The maximum Gasteiger partial charge on any atom is -0.0414 e. The molecule has 8 heavy (non-hydrogen) atoms. The Kier molecular flexibility index (Phi) is 1.06. The highest BCUT2D eigenvalue weighted by Gasteiger charge is 2.26. The molecule has 3 rings (SSSR count). The molecule has 0 spiro atoms. The fraction of sp³-hybridized carbons (Fsp3) is 1.00. The van der Waals surface area contributed by atoms with Gasteiger partial charge in [0.25, 0.3) is 0 Å². The van der Waals surface area contributed by atoms with Gasteiger partial charge in [0, 0.05) is 0 Å². The molecule has 0 atom stereocenters. The summed E-state index contributed by atoms with van der Waals surface area (Å²) < 4.78 is 0. The molecule has 0 aromatic rings. The van der Waals surface area contributed by atoms with Gasteiger partial charge in [-0.15, -0.1) is 0 Å². The van der Waals surface area contributed by atoms with Crippen molar-refractivity contribution in [1.29, 1.82) is 0 Å². The van der Waals surface area contributed by atoms with Crippen LogP contribution >= 0.6 is 0 Å². The molecular weight excluding hydrogens is 96.1 g/mol. The van der Waals surface area contributed by atoms with Crippen molar-refractivity contribution in [1.82, 2.24) is 0 Å². The summed E-state index contributed by atoms with van der Waals surface area (Å²) in [5.74, 6) is 2.31. The molecule has 46 valence electrons. The van der Waals surface area contributed by atoms with Crippen molar-refractivity contribution in [3.63, 3.8) is 0 Å². The number of hydrogen-bond acceptors (Lipinski definition) is 0. The van der Waals surface area contributed by atoms with Gasteiger partial charge >= 0.3 is 0 Å². The Morgan fingerprint density at radius 3 is 0.875 bits per heavy atom. The third-order valence-corrected chi connectivity index (χ3v) is 2.95. The van der Waals surface area contributed by atoms with Gasteiger partial charge in [-0.2, -0.15) is 0 Å². The second-order valence-electron chi connectivity index (χ2n) is 3.46. The van der Waals surface area contributed by atoms with E-state index in [1.807, 2.05) is 0 Å². The predicted molar refractivity (Wildman–Crippen MR) is 34.7 cm³/mol. The summed E-state index contributed by atoms with van der Waals surface area (Å²) in [5.41, 5.74) is 0. The molecular formula is C8H14. The van der Waals surface area contributed by atoms with Crippen LogP contribution in [0.4, 0.5) is 0 Å². The Morgan fingerprint density at radius 1 is 0.500 bits per heavy atom. The van der Waals surface area contributed by atoms with Crippen LogP contribution in [0.3, 0.4) is 0 Å². The van der Waals surface area contributed by atoms with Gasteiger partial charge in [0.1, 0.15) is 0 Å². The largest absolute Gasteiger partial charge is 0.0502 e. The van der Waals surface area contributed by atoms with Gasteiger partial charge < -0.3 is 0 Å². The fourth-order valence-corrected chi connectivity index (χ4v) is 2.28. The monoisotopic (exact) mass is 110 g/mol. The minimum atomic E-state index is 1.15. The standard InChI is InChI=1S/C8H14/c1-2-8-5-3-7(1)4-6-8/h7-8H,1-6H2. The SMILES string of the molecule is C1CC2CCC1CC2. The van der Waals surface area contributed by atoms with Crippen molar-refractivity contribution in [3.05, 3.63) is 0 Å². The first kappa shape index (κ1) is 4.84. The molecule has 2 bridgehead atoms. The Hall–Kier alpha value is 0. The highest BCUT2D eigenvalue weighted by atomic mass is 14.3. The maximum absolute atomic E-state index is 1.56. The smallest absolute Gasteiger partial charge is 0.0414 e. The fourth-order valence-electron chi connectivity index (χ4n) is 2.28. The maximum atomic E-state index is 1.56. The number of fused-ring (bicyclic) bond motifs is 3. The molecule has 0 heterocycles. The Labute approximate surface area is 51.3 Å². The van der Waals surface area contributed by atoms with Crippen LogP contribution in [0.15, 0.2) is 0 Å². The van der Waals surface area contributed by atoms with Gasteiger partial charge in [0.15, 0.2) is 0 Å². The van der Waals surface area contributed by atoms with Gasteiger partial charge in [-0.25, -0.2) is 0 Å². The lowest BCUT2D eigenvalue weighted by atomic mass is 9.71. The van der Waals surface area contributed by atoms with E-state index < -0.39 is 0 Å². The molecule has 0 unspecified atom stereocenters. The zero-order valence-electron chi connectivity index (χ0n) is 5.40. The van der Waals surface area contributed by atoms with Crippen molar-refractivity contribution in [2.75, 3.05) is 0 Å². The summed E-state index contributed by atoms with van der Waals surface area (Å²) in [7, 11) is 0. The molecule has 3 aliphatic rings. The summed E-state index contributed by atoms with van der Waals surface area (Å²) in [6, 6.07) is 0. The van der Waals surface area contributed by atoms with Crippen molar-refractivity contribution >= 4 is 0 Å². The highest BCUT2D eigenvalue weighted by molar-refractivity contribution is 4.79. The van der Waals surface area contributed by atoms with Gasteiger partial charge in [-0.05, 0) is 11.8 Å². The zero-order valence-corrected chi connectivity index (χ0v) is 5.40. The highest BCUT2D eigenvalue weighted by Crippen LogP contribution is 2.40. The summed E-state index contributed by atoms with van der Waals surface area (Å²) in [5, 5.41) is 0. The first-order valence-electron chi connectivity index (χ1n) is 3.95. The van der Waals surface area contributed by atoms with E-state index in [9.17, 15) is 0 Å². The number of hydrogen-bond donors (Lipinski definition) is 0. The predicted octanol–water partition coefficient (Wildman–Crippen LogP) is 2.59. The Bertz CT molecular complexity index is 55.0. The van der Waals surface area contributed by atoms with E-state index in [2.05, 4.69) is 0 Å². The van der Waals surface area contributed by atoms with E-state index >= 15 is 0 Å². The third kappa shape index (κ3) is 0.667. The van der Waals surface area contributed by atoms with Crippen molar-refractivity contribution in [3.8, 4) is 0 Å². The molecule has 0 radical (unpaired) electrons. The van der Waals surface area contributed by atoms with Crippen molar-refractivity contribution < 1.29 is 0 Å². The van der Waals surface area contributed by atoms with Crippen LogP contribution in [0.1, 0.15) is 38.5 Å². The van der Waals surface area contributed by atoms with Crippen molar-refractivity contribution in [2.24, 2.45) is 11.8 Å². The zero-order chi connectivity index (χ0) is 5.40. The summed E-state index contributed by atoms with van der Waals surface area (Å²) >= 11 is 0. The van der Waals surface area contributed by atoms with E-state index in [1.54, 1.807) is 38.5 Å². The summed E-state index contributed by atoms with van der Waals surface area (Å²) in [6.07, 6.45) is 9.36. The lowest BCUT2D eigenvalue weighted by molar-refractivity contribution is 0.176. The van der Waals surface area contributed by atoms with Gasteiger partial charge in [-0.1, -0.05) is 38.5 Å². The van der Waals surface area contributed by atoms with Gasteiger partial charge in [0.05, 0.1) is 0 Å². The van der Waals surface area contributed by atoms with Crippen LogP contribution in [-0.2, 0) is 0 Å². The molecule has 3 aliphatic carbocycles. The molecule has 0 heteroatoms. The second-order valence-corrected chi connectivity index (χ2v) is 3.46. The third-order valence-electron chi connectivity index (χ3n) is 2.95. The van der Waals surface area contributed by atoms with Crippen molar-refractivity contribution in [2.45, 2.75) is 38.5 Å². The van der Waals surface area contributed by atoms with E-state index in [-0.39, 0.29) is 0 Å². The average molecular weight is 110 g/mol. The molecule has 0 nitrogen and oxygen atoms in total. The average Bonchev–Trinajstić information content (AvgIpc) is 1.92. The normalized spacial score (nSPS) is 45.0. The number of rotatable bonds is 0. The Morgan fingerprint density at radius 2 is 0.750 bits per heavy atom. The lowest BCUT2D eigenvalue weighted by Crippen LogP contribution is -2.21. The molecule has 0 saturated heterocycles. The molecule has 3 saturated carbocycles. The molecule has 3 fully saturated rings. The van der Waals surface area contributed by atoms with Gasteiger partial charge in [0.2, 0.25) is 0 Å². The quantitative estimate of drug-likeness (QED) is 0.449. The van der Waals surface area contributed by atoms with Gasteiger partial charge in [-0.3, -0.25) is 0 Å². The molecule has 0 N–H and O–H groups in total. The lowest BCUT2D eigenvalue weighted by Gasteiger charge is -2.35. The topological polar surface area (TPSA) is 0 Å². The van der Waals surface area contributed by atoms with E-state index in [1.165, 1.54) is 0 Å². The first-order valence-corrected chi connectivity index (χ1v) is 3.95.